The molecule has 152 valence electrons. The average molecular weight is 394 g/mol. The molecule has 9 nitrogen and oxygen atoms in total. The van der Waals surface area contributed by atoms with E-state index < -0.39 is 0 Å². The lowest BCUT2D eigenvalue weighted by Gasteiger charge is -2.30. The SMILES string of the molecule is CCC1(O)CCCCC1.Nc1nc(N)c2c(-c3ccc4nccn4n3)ccn2n1. The Labute approximate surface area is 168 Å². The van der Waals surface area contributed by atoms with Gasteiger partial charge < -0.3 is 16.6 Å². The quantitative estimate of drug-likeness (QED) is 0.476. The van der Waals surface area contributed by atoms with Crippen LogP contribution in [0.2, 0.25) is 0 Å². The first-order valence-corrected chi connectivity index (χ1v) is 9.92. The molecule has 0 amide bonds. The van der Waals surface area contributed by atoms with Gasteiger partial charge in [-0.15, -0.1) is 5.10 Å². The van der Waals surface area contributed by atoms with Crippen molar-refractivity contribution < 1.29 is 5.11 Å². The van der Waals surface area contributed by atoms with Gasteiger partial charge in [-0.3, -0.25) is 0 Å². The largest absolute Gasteiger partial charge is 0.390 e. The molecule has 4 aromatic rings. The first-order chi connectivity index (χ1) is 14.0. The number of aromatic nitrogens is 6. The second-order valence-corrected chi connectivity index (χ2v) is 7.46. The molecule has 1 fully saturated rings. The monoisotopic (exact) mass is 394 g/mol. The predicted octanol–water partition coefficient (Wildman–Crippen LogP) is 2.70. The van der Waals surface area contributed by atoms with E-state index in [1.807, 2.05) is 18.2 Å². The van der Waals surface area contributed by atoms with E-state index in [-0.39, 0.29) is 11.5 Å². The number of nitrogens with two attached hydrogens (primary N) is 2. The van der Waals surface area contributed by atoms with Crippen LogP contribution in [-0.2, 0) is 0 Å². The van der Waals surface area contributed by atoms with Gasteiger partial charge in [0.15, 0.2) is 11.5 Å². The van der Waals surface area contributed by atoms with E-state index in [9.17, 15) is 5.11 Å². The van der Waals surface area contributed by atoms with Crippen molar-refractivity contribution in [2.24, 2.45) is 0 Å². The molecule has 0 radical (unpaired) electrons. The summed E-state index contributed by atoms with van der Waals surface area (Å²) in [6, 6.07) is 5.65. The molecule has 1 aliphatic carbocycles. The maximum atomic E-state index is 9.68. The summed E-state index contributed by atoms with van der Waals surface area (Å²) >= 11 is 0. The molecule has 4 heterocycles. The summed E-state index contributed by atoms with van der Waals surface area (Å²) < 4.78 is 3.31. The fourth-order valence-electron chi connectivity index (χ4n) is 3.80. The van der Waals surface area contributed by atoms with Crippen molar-refractivity contribution in [3.8, 4) is 11.3 Å². The molecular weight excluding hydrogens is 368 g/mol. The van der Waals surface area contributed by atoms with Crippen molar-refractivity contribution in [3.05, 3.63) is 36.8 Å². The molecule has 0 unspecified atom stereocenters. The number of fused-ring (bicyclic) bond motifs is 2. The van der Waals surface area contributed by atoms with Crippen molar-refractivity contribution in [1.29, 1.82) is 0 Å². The van der Waals surface area contributed by atoms with E-state index in [1.54, 1.807) is 27.6 Å². The fourth-order valence-corrected chi connectivity index (χ4v) is 3.80. The lowest BCUT2D eigenvalue weighted by atomic mass is 9.83. The Morgan fingerprint density at radius 2 is 1.83 bits per heavy atom. The number of anilines is 2. The van der Waals surface area contributed by atoms with Crippen molar-refractivity contribution >= 4 is 22.9 Å². The van der Waals surface area contributed by atoms with Crippen molar-refractivity contribution in [3.63, 3.8) is 0 Å². The zero-order chi connectivity index (χ0) is 20.4. The Kier molecular flexibility index (Phi) is 5.06. The molecule has 1 aliphatic rings. The van der Waals surface area contributed by atoms with Gasteiger partial charge in [0.25, 0.3) is 0 Å². The first-order valence-electron chi connectivity index (χ1n) is 9.92. The highest BCUT2D eigenvalue weighted by molar-refractivity contribution is 5.86. The maximum absolute atomic E-state index is 9.68. The first kappa shape index (κ1) is 19.1. The molecule has 0 bridgehead atoms. The Hall–Kier alpha value is -3.20. The Balaban J connectivity index is 0.000000192. The van der Waals surface area contributed by atoms with Crippen LogP contribution in [0.15, 0.2) is 36.8 Å². The fraction of sp³-hybridized carbons (Fsp3) is 0.400. The number of nitrogens with zero attached hydrogens (tertiary/aromatic N) is 6. The molecule has 0 atom stereocenters. The van der Waals surface area contributed by atoms with Crippen LogP contribution in [0.4, 0.5) is 11.8 Å². The van der Waals surface area contributed by atoms with E-state index in [2.05, 4.69) is 27.1 Å². The molecule has 4 aromatic heterocycles. The molecule has 0 aliphatic heterocycles. The smallest absolute Gasteiger partial charge is 0.240 e. The lowest BCUT2D eigenvalue weighted by molar-refractivity contribution is 0.000672. The second kappa shape index (κ2) is 7.67. The van der Waals surface area contributed by atoms with Crippen LogP contribution in [0.3, 0.4) is 0 Å². The standard InChI is InChI=1S/C12H10N8.C8H16O/c13-11-10-7(3-5-20(10)18-12(14)16-11)8-1-2-9-15-4-6-19(9)17-8;1-2-8(9)6-4-3-5-7-8/h1-6H,(H4,13,14,16,18);9H,2-7H2,1H3. The summed E-state index contributed by atoms with van der Waals surface area (Å²) in [5.74, 6) is 0.459. The van der Waals surface area contributed by atoms with Crippen LogP contribution in [0, 0.1) is 0 Å². The molecule has 1 saturated carbocycles. The van der Waals surface area contributed by atoms with Gasteiger partial charge in [-0.1, -0.05) is 26.2 Å². The summed E-state index contributed by atoms with van der Waals surface area (Å²) in [7, 11) is 0. The molecule has 0 spiro atoms. The average Bonchev–Trinajstić information content (AvgIpc) is 3.35. The van der Waals surface area contributed by atoms with E-state index in [1.165, 1.54) is 19.3 Å². The van der Waals surface area contributed by atoms with Crippen molar-refractivity contribution in [2.45, 2.75) is 51.0 Å². The van der Waals surface area contributed by atoms with Crippen molar-refractivity contribution in [2.75, 3.05) is 11.5 Å². The van der Waals surface area contributed by atoms with Gasteiger partial charge in [-0.05, 0) is 37.5 Å². The number of nitrogen functional groups attached to an aromatic ring is 2. The molecule has 9 heteroatoms. The Morgan fingerprint density at radius 3 is 2.55 bits per heavy atom. The Bertz CT molecular complexity index is 1130. The molecule has 0 aromatic carbocycles. The van der Waals surface area contributed by atoms with Gasteiger partial charge in [-0.2, -0.15) is 10.1 Å². The highest BCUT2D eigenvalue weighted by Gasteiger charge is 2.26. The highest BCUT2D eigenvalue weighted by Crippen LogP contribution is 2.30. The van der Waals surface area contributed by atoms with Gasteiger partial charge in [0.1, 0.15) is 5.52 Å². The summed E-state index contributed by atoms with van der Waals surface area (Å²) in [6.07, 6.45) is 12.0. The summed E-state index contributed by atoms with van der Waals surface area (Å²) in [4.78, 5) is 8.15. The van der Waals surface area contributed by atoms with Gasteiger partial charge in [0.2, 0.25) is 5.95 Å². The van der Waals surface area contributed by atoms with Gasteiger partial charge in [-0.25, -0.2) is 14.0 Å². The van der Waals surface area contributed by atoms with Crippen LogP contribution in [0.5, 0.6) is 0 Å². The lowest BCUT2D eigenvalue weighted by Crippen LogP contribution is -2.29. The molecule has 5 N–H and O–H groups in total. The minimum atomic E-state index is -0.280. The van der Waals surface area contributed by atoms with Gasteiger partial charge in [0.05, 0.1) is 11.3 Å². The zero-order valence-corrected chi connectivity index (χ0v) is 16.5. The number of imidazole rings is 1. The third-order valence-corrected chi connectivity index (χ3v) is 5.53. The number of rotatable bonds is 2. The third-order valence-electron chi connectivity index (χ3n) is 5.53. The maximum Gasteiger partial charge on any atom is 0.240 e. The number of aliphatic hydroxyl groups is 1. The van der Waals surface area contributed by atoms with E-state index in [4.69, 9.17) is 11.5 Å². The molecule has 0 saturated heterocycles. The summed E-state index contributed by atoms with van der Waals surface area (Å²) in [5.41, 5.74) is 14.3. The van der Waals surface area contributed by atoms with Gasteiger partial charge in [0, 0.05) is 24.2 Å². The topological polar surface area (TPSA) is 133 Å². The second-order valence-electron chi connectivity index (χ2n) is 7.46. The van der Waals surface area contributed by atoms with E-state index in [0.29, 0.717) is 11.3 Å². The normalized spacial score (nSPS) is 15.9. The molecule has 29 heavy (non-hydrogen) atoms. The molecular formula is C20H26N8O. The predicted molar refractivity (Wildman–Crippen MR) is 112 cm³/mol. The van der Waals surface area contributed by atoms with Crippen LogP contribution < -0.4 is 11.5 Å². The van der Waals surface area contributed by atoms with E-state index >= 15 is 0 Å². The molecule has 5 rings (SSSR count). The van der Waals surface area contributed by atoms with Crippen molar-refractivity contribution in [1.82, 2.24) is 29.2 Å². The highest BCUT2D eigenvalue weighted by atomic mass is 16.3. The number of hydrogen-bond acceptors (Lipinski definition) is 7. The minimum absolute atomic E-state index is 0.134. The van der Waals surface area contributed by atoms with Gasteiger partial charge >= 0.3 is 0 Å². The van der Waals surface area contributed by atoms with Crippen LogP contribution in [0.1, 0.15) is 45.4 Å². The third kappa shape index (κ3) is 3.86. The van der Waals surface area contributed by atoms with E-state index in [0.717, 1.165) is 36.2 Å². The zero-order valence-electron chi connectivity index (χ0n) is 16.5. The minimum Gasteiger partial charge on any atom is -0.390 e. The van der Waals surface area contributed by atoms with Crippen LogP contribution in [0.25, 0.3) is 22.4 Å². The summed E-state index contributed by atoms with van der Waals surface area (Å²) in [6.45, 7) is 2.07. The number of hydrogen-bond donors (Lipinski definition) is 3. The Morgan fingerprint density at radius 1 is 1.03 bits per heavy atom. The summed E-state index contributed by atoms with van der Waals surface area (Å²) in [5, 5.41) is 18.3. The van der Waals surface area contributed by atoms with Crippen LogP contribution in [-0.4, -0.2) is 39.9 Å². The van der Waals surface area contributed by atoms with Crippen LogP contribution >= 0.6 is 0 Å².